The fraction of sp³-hybridized carbons (Fsp3) is 0.571. The molecule has 1 saturated carbocycles. The zero-order valence-corrected chi connectivity index (χ0v) is 11.4. The molecule has 1 aromatic rings. The average Bonchev–Trinajstić information content (AvgIpc) is 2.41. The van der Waals surface area contributed by atoms with Gasteiger partial charge in [0.2, 0.25) is 5.92 Å². The molecule has 20 heavy (non-hydrogen) atoms. The molecule has 6 heteroatoms. The van der Waals surface area contributed by atoms with E-state index in [4.69, 9.17) is 14.2 Å². The zero-order valence-electron chi connectivity index (χ0n) is 11.4. The van der Waals surface area contributed by atoms with Gasteiger partial charge < -0.3 is 19.3 Å². The van der Waals surface area contributed by atoms with E-state index in [0.717, 1.165) is 0 Å². The minimum Gasteiger partial charge on any atom is -0.493 e. The summed E-state index contributed by atoms with van der Waals surface area (Å²) in [6.07, 6.45) is -1.30. The minimum absolute atomic E-state index is 0.126. The molecule has 0 heterocycles. The van der Waals surface area contributed by atoms with Crippen LogP contribution in [0.1, 0.15) is 24.7 Å². The van der Waals surface area contributed by atoms with Gasteiger partial charge in [0.05, 0.1) is 13.7 Å². The van der Waals surface area contributed by atoms with E-state index in [1.807, 2.05) is 0 Å². The Hall–Kier alpha value is -1.40. The molecule has 0 aromatic heterocycles. The van der Waals surface area contributed by atoms with Crippen LogP contribution >= 0.6 is 0 Å². The van der Waals surface area contributed by atoms with E-state index < -0.39 is 12.2 Å². The Morgan fingerprint density at radius 2 is 2.00 bits per heavy atom. The molecule has 1 aliphatic rings. The van der Waals surface area contributed by atoms with Crippen molar-refractivity contribution in [3.63, 3.8) is 0 Å². The highest BCUT2D eigenvalue weighted by atomic mass is 19.3. The van der Waals surface area contributed by atoms with Crippen LogP contribution in [0.3, 0.4) is 0 Å². The van der Waals surface area contributed by atoms with Gasteiger partial charge in [-0.05, 0) is 12.1 Å². The lowest BCUT2D eigenvalue weighted by Crippen LogP contribution is -2.38. The number of ether oxygens (including phenoxy) is 3. The summed E-state index contributed by atoms with van der Waals surface area (Å²) < 4.78 is 40.9. The first-order valence-electron chi connectivity index (χ1n) is 6.34. The molecule has 0 bridgehead atoms. The van der Waals surface area contributed by atoms with Gasteiger partial charge in [-0.25, -0.2) is 8.78 Å². The lowest BCUT2D eigenvalue weighted by atomic mass is 9.82. The van der Waals surface area contributed by atoms with Gasteiger partial charge in [0.1, 0.15) is 0 Å². The Bertz CT molecular complexity index is 456. The highest BCUT2D eigenvalue weighted by Gasteiger charge is 2.45. The standard InChI is InChI=1S/C14H18F2O4/c1-18-12-5-10(13(17)19-2)3-4-11(12)20-8-9-6-14(15,16)7-9/h3-5,9,13,17H,6-8H2,1-2H3. The van der Waals surface area contributed by atoms with Gasteiger partial charge in [-0.15, -0.1) is 0 Å². The van der Waals surface area contributed by atoms with Crippen molar-refractivity contribution in [1.29, 1.82) is 0 Å². The van der Waals surface area contributed by atoms with Crippen LogP contribution in [0.5, 0.6) is 11.5 Å². The molecule has 0 aliphatic heterocycles. The maximum atomic E-state index is 12.7. The Labute approximate surface area is 116 Å². The second-order valence-electron chi connectivity index (χ2n) is 4.94. The van der Waals surface area contributed by atoms with E-state index in [-0.39, 0.29) is 25.4 Å². The topological polar surface area (TPSA) is 47.9 Å². The van der Waals surface area contributed by atoms with E-state index >= 15 is 0 Å². The van der Waals surface area contributed by atoms with Gasteiger partial charge in [-0.1, -0.05) is 6.07 Å². The monoisotopic (exact) mass is 288 g/mol. The van der Waals surface area contributed by atoms with Crippen molar-refractivity contribution in [2.24, 2.45) is 5.92 Å². The Morgan fingerprint density at radius 3 is 2.55 bits per heavy atom. The molecule has 0 amide bonds. The number of alkyl halides is 2. The van der Waals surface area contributed by atoms with Gasteiger partial charge in [-0.2, -0.15) is 0 Å². The fourth-order valence-corrected chi connectivity index (χ4v) is 2.20. The number of hydrogen-bond acceptors (Lipinski definition) is 4. The van der Waals surface area contributed by atoms with Crippen molar-refractivity contribution in [2.45, 2.75) is 25.1 Å². The summed E-state index contributed by atoms with van der Waals surface area (Å²) in [5.41, 5.74) is 0.534. The highest BCUT2D eigenvalue weighted by Crippen LogP contribution is 2.43. The smallest absolute Gasteiger partial charge is 0.248 e. The zero-order chi connectivity index (χ0) is 14.8. The van der Waals surface area contributed by atoms with E-state index in [2.05, 4.69) is 0 Å². The van der Waals surface area contributed by atoms with Crippen LogP contribution in [0.25, 0.3) is 0 Å². The molecule has 1 unspecified atom stereocenters. The average molecular weight is 288 g/mol. The van der Waals surface area contributed by atoms with E-state index in [0.29, 0.717) is 17.1 Å². The number of halogens is 2. The minimum atomic E-state index is -2.54. The molecule has 1 atom stereocenters. The van der Waals surface area contributed by atoms with E-state index in [1.54, 1.807) is 18.2 Å². The molecule has 1 N–H and O–H groups in total. The van der Waals surface area contributed by atoms with Crippen LogP contribution in [0, 0.1) is 5.92 Å². The second kappa shape index (κ2) is 5.93. The number of hydrogen-bond donors (Lipinski definition) is 1. The van der Waals surface area contributed by atoms with Gasteiger partial charge in [0, 0.05) is 31.4 Å². The Balaban J connectivity index is 1.97. The first kappa shape index (κ1) is 15.0. The largest absolute Gasteiger partial charge is 0.493 e. The molecule has 112 valence electrons. The van der Waals surface area contributed by atoms with Crippen molar-refractivity contribution >= 4 is 0 Å². The lowest BCUT2D eigenvalue weighted by Gasteiger charge is -2.34. The third-order valence-corrected chi connectivity index (χ3v) is 3.35. The van der Waals surface area contributed by atoms with Gasteiger partial charge in [0.15, 0.2) is 17.8 Å². The van der Waals surface area contributed by atoms with Crippen LogP contribution in [0.15, 0.2) is 18.2 Å². The predicted molar refractivity (Wildman–Crippen MR) is 68.1 cm³/mol. The summed E-state index contributed by atoms with van der Waals surface area (Å²) in [6, 6.07) is 4.87. The van der Waals surface area contributed by atoms with Crippen molar-refractivity contribution < 1.29 is 28.1 Å². The van der Waals surface area contributed by atoms with Crippen molar-refractivity contribution in [3.8, 4) is 11.5 Å². The summed E-state index contributed by atoms with van der Waals surface area (Å²) in [5.74, 6) is -1.76. The first-order valence-corrected chi connectivity index (χ1v) is 6.34. The molecular weight excluding hydrogens is 270 g/mol. The molecular formula is C14H18F2O4. The second-order valence-corrected chi connectivity index (χ2v) is 4.94. The third kappa shape index (κ3) is 3.37. The van der Waals surface area contributed by atoms with Crippen molar-refractivity contribution in [2.75, 3.05) is 20.8 Å². The SMILES string of the molecule is COc1cc(C(O)OC)ccc1OCC1CC(F)(F)C1. The summed E-state index contributed by atoms with van der Waals surface area (Å²) in [7, 11) is 2.86. The Kier molecular flexibility index (Phi) is 4.45. The maximum Gasteiger partial charge on any atom is 0.248 e. The molecule has 1 aliphatic carbocycles. The number of aliphatic hydroxyl groups excluding tert-OH is 1. The summed E-state index contributed by atoms with van der Waals surface area (Å²) in [5, 5.41) is 9.56. The van der Waals surface area contributed by atoms with E-state index in [1.165, 1.54) is 14.2 Å². The third-order valence-electron chi connectivity index (χ3n) is 3.35. The highest BCUT2D eigenvalue weighted by molar-refractivity contribution is 5.43. The van der Waals surface area contributed by atoms with Gasteiger partial charge in [0.25, 0.3) is 0 Å². The molecule has 2 rings (SSSR count). The summed E-state index contributed by atoms with van der Waals surface area (Å²) in [6.45, 7) is 0.234. The van der Waals surface area contributed by atoms with Crippen LogP contribution in [-0.2, 0) is 4.74 Å². The summed E-state index contributed by atoms with van der Waals surface area (Å²) in [4.78, 5) is 0. The van der Waals surface area contributed by atoms with Crippen LogP contribution in [-0.4, -0.2) is 31.9 Å². The predicted octanol–water partition coefficient (Wildman–Crippen LogP) is 2.76. The summed E-state index contributed by atoms with van der Waals surface area (Å²) >= 11 is 0. The Morgan fingerprint density at radius 1 is 1.30 bits per heavy atom. The first-order chi connectivity index (χ1) is 9.45. The fourth-order valence-electron chi connectivity index (χ4n) is 2.20. The van der Waals surface area contributed by atoms with Crippen LogP contribution in [0.2, 0.25) is 0 Å². The number of rotatable bonds is 6. The quantitative estimate of drug-likeness (QED) is 0.818. The molecule has 1 aromatic carbocycles. The number of benzene rings is 1. The normalized spacial score (nSPS) is 19.2. The number of aliphatic hydroxyl groups is 1. The van der Waals surface area contributed by atoms with Crippen LogP contribution in [0.4, 0.5) is 8.78 Å². The van der Waals surface area contributed by atoms with Crippen LogP contribution < -0.4 is 9.47 Å². The van der Waals surface area contributed by atoms with Gasteiger partial charge >= 0.3 is 0 Å². The van der Waals surface area contributed by atoms with Gasteiger partial charge in [-0.3, -0.25) is 0 Å². The molecule has 1 fully saturated rings. The lowest BCUT2D eigenvalue weighted by molar-refractivity contribution is -0.119. The molecule has 4 nitrogen and oxygen atoms in total. The van der Waals surface area contributed by atoms with E-state index in [9.17, 15) is 13.9 Å². The maximum absolute atomic E-state index is 12.7. The van der Waals surface area contributed by atoms with Crippen molar-refractivity contribution in [3.05, 3.63) is 23.8 Å². The number of methoxy groups -OCH3 is 2. The molecule has 0 spiro atoms. The molecule has 0 radical (unpaired) electrons. The van der Waals surface area contributed by atoms with Crippen molar-refractivity contribution in [1.82, 2.24) is 0 Å². The molecule has 0 saturated heterocycles.